The zero-order chi connectivity index (χ0) is 29.0. The second-order valence-electron chi connectivity index (χ2n) is 9.81. The first kappa shape index (κ1) is 28.6. The quantitative estimate of drug-likeness (QED) is 0.240. The lowest BCUT2D eigenvalue weighted by Crippen LogP contribution is -2.47. The van der Waals surface area contributed by atoms with Crippen molar-refractivity contribution in [3.05, 3.63) is 83.9 Å². The van der Waals surface area contributed by atoms with Crippen molar-refractivity contribution >= 4 is 44.0 Å². The highest BCUT2D eigenvalue weighted by molar-refractivity contribution is 7.22. The highest BCUT2D eigenvalue weighted by atomic mass is 32.1. The average molecular weight is 582 g/mol. The molecule has 41 heavy (non-hydrogen) atoms. The molecule has 1 aliphatic heterocycles. The minimum Gasteiger partial charge on any atom is -0.457 e. The Kier molecular flexibility index (Phi) is 8.57. The van der Waals surface area contributed by atoms with E-state index in [0.29, 0.717) is 34.6 Å². The molecule has 3 aromatic carbocycles. The van der Waals surface area contributed by atoms with Gasteiger partial charge in [0, 0.05) is 49.2 Å². The van der Waals surface area contributed by atoms with Crippen LogP contribution in [0.3, 0.4) is 0 Å². The fraction of sp³-hybridized carbons (Fsp3) is 0.267. The van der Waals surface area contributed by atoms with E-state index >= 15 is 0 Å². The van der Waals surface area contributed by atoms with Gasteiger partial charge in [0.05, 0.1) is 22.3 Å². The third-order valence-corrected chi connectivity index (χ3v) is 7.64. The number of likely N-dealkylation sites (N-methyl/N-ethyl adjacent to an activating group) is 1. The lowest BCUT2D eigenvalue weighted by Gasteiger charge is -2.31. The third kappa shape index (κ3) is 7.43. The van der Waals surface area contributed by atoms with Gasteiger partial charge in [0.2, 0.25) is 5.91 Å². The second kappa shape index (κ2) is 12.3. The van der Waals surface area contributed by atoms with Gasteiger partial charge in [-0.3, -0.25) is 9.69 Å². The Hall–Kier alpha value is -3.93. The van der Waals surface area contributed by atoms with Crippen LogP contribution < -0.4 is 15.4 Å². The van der Waals surface area contributed by atoms with Crippen molar-refractivity contribution in [1.82, 2.24) is 14.8 Å². The van der Waals surface area contributed by atoms with Crippen LogP contribution >= 0.6 is 11.3 Å². The predicted octanol–water partition coefficient (Wildman–Crippen LogP) is 6.77. The number of nitrogens with zero attached hydrogens (tertiary/aromatic N) is 3. The summed E-state index contributed by atoms with van der Waals surface area (Å²) in [6.07, 6.45) is -2.63. The maximum Gasteiger partial charge on any atom is 0.416 e. The molecule has 2 heterocycles. The summed E-state index contributed by atoms with van der Waals surface area (Å²) < 4.78 is 46.4. The number of carbonyl (C=O) groups excluding carboxylic acids is 1. The number of carbonyl (C=O) groups is 1. The SMILES string of the molecule is CC=C(Nc1cccc(C(F)(F)F)c1)c1cccc(Oc2ccc3nc(NC(=O)CN4CCN(C)CC4)sc3c2)c1. The molecule has 2 N–H and O–H groups in total. The van der Waals surface area contributed by atoms with Gasteiger partial charge in [-0.25, -0.2) is 4.98 Å². The highest BCUT2D eigenvalue weighted by Gasteiger charge is 2.30. The van der Waals surface area contributed by atoms with Crippen LogP contribution in [0.5, 0.6) is 11.5 Å². The molecule has 214 valence electrons. The molecular weight excluding hydrogens is 551 g/mol. The average Bonchev–Trinajstić information content (AvgIpc) is 3.34. The number of anilines is 2. The molecule has 1 saturated heterocycles. The van der Waals surface area contributed by atoms with Gasteiger partial charge in [0.1, 0.15) is 11.5 Å². The van der Waals surface area contributed by atoms with Crippen LogP contribution in [-0.4, -0.2) is 60.5 Å². The first-order valence-corrected chi connectivity index (χ1v) is 14.0. The van der Waals surface area contributed by atoms with Crippen molar-refractivity contribution in [3.8, 4) is 11.5 Å². The van der Waals surface area contributed by atoms with Crippen LogP contribution in [0.4, 0.5) is 24.0 Å². The number of amides is 1. The number of hydrogen-bond donors (Lipinski definition) is 2. The lowest BCUT2D eigenvalue weighted by atomic mass is 10.1. The minimum absolute atomic E-state index is 0.0829. The number of thiazole rings is 1. The highest BCUT2D eigenvalue weighted by Crippen LogP contribution is 2.34. The Balaban J connectivity index is 1.25. The van der Waals surface area contributed by atoms with Crippen molar-refractivity contribution in [2.75, 3.05) is 50.4 Å². The van der Waals surface area contributed by atoms with E-state index in [1.807, 2.05) is 49.4 Å². The summed E-state index contributed by atoms with van der Waals surface area (Å²) >= 11 is 1.38. The first-order chi connectivity index (χ1) is 19.7. The molecule has 5 rings (SSSR count). The molecule has 1 amide bonds. The van der Waals surface area contributed by atoms with Crippen molar-refractivity contribution in [3.63, 3.8) is 0 Å². The standard InChI is InChI=1S/C30H30F3N5O2S/c1-3-25(34-22-8-5-7-21(17-22)30(31,32)33)20-6-4-9-23(16-20)40-24-10-11-26-27(18-24)41-29(35-26)36-28(39)19-38-14-12-37(2)13-15-38/h3-11,16-18,34H,12-15,19H2,1-2H3,(H,35,36,39). The summed E-state index contributed by atoms with van der Waals surface area (Å²) in [5, 5.41) is 6.53. The largest absolute Gasteiger partial charge is 0.457 e. The Morgan fingerprint density at radius 2 is 1.76 bits per heavy atom. The zero-order valence-corrected chi connectivity index (χ0v) is 23.5. The van der Waals surface area contributed by atoms with E-state index in [-0.39, 0.29) is 5.91 Å². The van der Waals surface area contributed by atoms with Gasteiger partial charge in [-0.2, -0.15) is 13.2 Å². The van der Waals surface area contributed by atoms with Gasteiger partial charge in [0.15, 0.2) is 5.13 Å². The number of halogens is 3. The number of aromatic nitrogens is 1. The smallest absolute Gasteiger partial charge is 0.416 e. The summed E-state index contributed by atoms with van der Waals surface area (Å²) in [5.74, 6) is 1.08. The molecule has 0 spiro atoms. The number of benzene rings is 3. The van der Waals surface area contributed by atoms with Gasteiger partial charge in [-0.15, -0.1) is 0 Å². The Labute approximate surface area is 240 Å². The summed E-state index contributed by atoms with van der Waals surface area (Å²) in [5.41, 5.74) is 1.77. The summed E-state index contributed by atoms with van der Waals surface area (Å²) in [4.78, 5) is 21.5. The molecular formula is C30H30F3N5O2S. The lowest BCUT2D eigenvalue weighted by molar-refractivity contribution is -0.137. The van der Waals surface area contributed by atoms with E-state index in [2.05, 4.69) is 32.5 Å². The predicted molar refractivity (Wildman–Crippen MR) is 157 cm³/mol. The Morgan fingerprint density at radius 1 is 1.00 bits per heavy atom. The first-order valence-electron chi connectivity index (χ1n) is 13.2. The molecule has 1 fully saturated rings. The number of alkyl halides is 3. The zero-order valence-electron chi connectivity index (χ0n) is 22.7. The maximum absolute atomic E-state index is 13.1. The van der Waals surface area contributed by atoms with E-state index in [9.17, 15) is 18.0 Å². The summed E-state index contributed by atoms with van der Waals surface area (Å²) in [6.45, 7) is 5.77. The third-order valence-electron chi connectivity index (χ3n) is 6.71. The van der Waals surface area contributed by atoms with E-state index in [4.69, 9.17) is 4.74 Å². The number of piperazine rings is 1. The summed E-state index contributed by atoms with van der Waals surface area (Å²) in [6, 6.07) is 17.9. The topological polar surface area (TPSA) is 69.7 Å². The molecule has 1 aromatic heterocycles. The van der Waals surface area contributed by atoms with Crippen LogP contribution in [0, 0.1) is 0 Å². The van der Waals surface area contributed by atoms with E-state index < -0.39 is 11.7 Å². The molecule has 0 unspecified atom stereocenters. The maximum atomic E-state index is 13.1. The number of rotatable bonds is 8. The van der Waals surface area contributed by atoms with E-state index in [0.717, 1.165) is 54.1 Å². The Morgan fingerprint density at radius 3 is 2.51 bits per heavy atom. The molecule has 0 atom stereocenters. The minimum atomic E-state index is -4.42. The van der Waals surface area contributed by atoms with Crippen molar-refractivity contribution in [2.24, 2.45) is 0 Å². The van der Waals surface area contributed by atoms with Gasteiger partial charge in [-0.1, -0.05) is 35.6 Å². The molecule has 7 nitrogen and oxygen atoms in total. The number of nitrogens with one attached hydrogen (secondary N) is 2. The van der Waals surface area contributed by atoms with Gasteiger partial charge in [-0.05, 0) is 56.4 Å². The molecule has 11 heteroatoms. The normalized spacial score (nSPS) is 15.2. The van der Waals surface area contributed by atoms with Crippen LogP contribution in [0.2, 0.25) is 0 Å². The molecule has 4 aromatic rings. The molecule has 0 aliphatic carbocycles. The van der Waals surface area contributed by atoms with Crippen LogP contribution in [0.25, 0.3) is 15.9 Å². The van der Waals surface area contributed by atoms with Crippen molar-refractivity contribution in [2.45, 2.75) is 13.1 Å². The number of fused-ring (bicyclic) bond motifs is 1. The number of ether oxygens (including phenoxy) is 1. The summed E-state index contributed by atoms with van der Waals surface area (Å²) in [7, 11) is 2.08. The molecule has 0 radical (unpaired) electrons. The van der Waals surface area contributed by atoms with Crippen molar-refractivity contribution < 1.29 is 22.7 Å². The van der Waals surface area contributed by atoms with Crippen molar-refractivity contribution in [1.29, 1.82) is 0 Å². The monoisotopic (exact) mass is 581 g/mol. The van der Waals surface area contributed by atoms with Crippen LogP contribution in [0.1, 0.15) is 18.1 Å². The second-order valence-corrected chi connectivity index (χ2v) is 10.8. The van der Waals surface area contributed by atoms with E-state index in [1.165, 1.54) is 17.4 Å². The molecule has 0 saturated carbocycles. The molecule has 0 bridgehead atoms. The van der Waals surface area contributed by atoms with E-state index in [1.54, 1.807) is 12.1 Å². The fourth-order valence-corrected chi connectivity index (χ4v) is 5.40. The fourth-order valence-electron chi connectivity index (χ4n) is 4.49. The van der Waals surface area contributed by atoms with Gasteiger partial charge < -0.3 is 20.3 Å². The van der Waals surface area contributed by atoms with Crippen LogP contribution in [-0.2, 0) is 11.0 Å². The molecule has 1 aliphatic rings. The Bertz CT molecular complexity index is 1560. The van der Waals surface area contributed by atoms with Gasteiger partial charge >= 0.3 is 6.18 Å². The van der Waals surface area contributed by atoms with Gasteiger partial charge in [0.25, 0.3) is 0 Å². The number of hydrogen-bond acceptors (Lipinski definition) is 7. The van der Waals surface area contributed by atoms with Crippen LogP contribution in [0.15, 0.2) is 72.8 Å². The number of allylic oxidation sites excluding steroid dienone is 1.